The Balaban J connectivity index is 1.39. The molecule has 1 fully saturated rings. The molecule has 1 saturated heterocycles. The number of anilines is 1. The number of rotatable bonds is 6. The van der Waals surface area contributed by atoms with E-state index < -0.39 is 0 Å². The number of nitrogens with one attached hydrogen (secondary N) is 1. The van der Waals surface area contributed by atoms with E-state index in [1.165, 1.54) is 10.6 Å². The van der Waals surface area contributed by atoms with E-state index in [-0.39, 0.29) is 0 Å². The Hall–Kier alpha value is -2.84. The molecule has 3 aromatic rings. The molecule has 0 atom stereocenters. The van der Waals surface area contributed by atoms with E-state index in [0.29, 0.717) is 4.77 Å². The minimum atomic E-state index is 0.698. The number of hydrogen-bond donors (Lipinski definition) is 1. The van der Waals surface area contributed by atoms with Gasteiger partial charge in [0.15, 0.2) is 6.67 Å². The molecule has 0 aliphatic carbocycles. The summed E-state index contributed by atoms with van der Waals surface area (Å²) in [5.41, 5.74) is 2.20. The second-order valence-corrected chi connectivity index (χ2v) is 7.44. The molecule has 2 aromatic carbocycles. The van der Waals surface area contributed by atoms with Gasteiger partial charge in [0.2, 0.25) is 4.77 Å². The molecule has 152 valence electrons. The second-order valence-electron chi connectivity index (χ2n) is 7.08. The predicted octanol–water partition coefficient (Wildman–Crippen LogP) is 1.78. The summed E-state index contributed by atoms with van der Waals surface area (Å²) in [5, 5.41) is 4.52. The number of aromatic nitrogens is 3. The summed E-state index contributed by atoms with van der Waals surface area (Å²) >= 11 is 5.67. The number of nitrogens with zero attached hydrogens (tertiary/aromatic N) is 4. The predicted molar refractivity (Wildman–Crippen MR) is 115 cm³/mol. The van der Waals surface area contributed by atoms with Crippen LogP contribution in [0.2, 0.25) is 0 Å². The number of piperazine rings is 1. The average molecular weight is 413 g/mol. The zero-order valence-electron chi connectivity index (χ0n) is 16.7. The van der Waals surface area contributed by atoms with Gasteiger partial charge in [-0.05, 0) is 48.6 Å². The summed E-state index contributed by atoms with van der Waals surface area (Å²) in [6.45, 7) is 4.86. The number of hydrogen-bond acceptors (Lipinski definition) is 5. The summed E-state index contributed by atoms with van der Waals surface area (Å²) in [4.78, 5) is 3.89. The van der Waals surface area contributed by atoms with Gasteiger partial charge in [-0.15, -0.1) is 0 Å². The fourth-order valence-electron chi connectivity index (χ4n) is 3.63. The minimum absolute atomic E-state index is 0.698. The van der Waals surface area contributed by atoms with Crippen LogP contribution in [0.15, 0.2) is 54.9 Å². The summed E-state index contributed by atoms with van der Waals surface area (Å²) in [7, 11) is 3.36. The molecule has 29 heavy (non-hydrogen) atoms. The van der Waals surface area contributed by atoms with Crippen LogP contribution in [0.4, 0.5) is 5.69 Å². The molecule has 7 nitrogen and oxygen atoms in total. The molecule has 0 bridgehead atoms. The first-order valence-electron chi connectivity index (χ1n) is 9.69. The van der Waals surface area contributed by atoms with Gasteiger partial charge >= 0.3 is 0 Å². The zero-order chi connectivity index (χ0) is 20.2. The van der Waals surface area contributed by atoms with E-state index in [2.05, 4.69) is 22.1 Å². The SMILES string of the molecule is COc1ccc(N2CC[NH+](Cn3ncn(-c4cccc(OC)c4)c3=S)CC2)cc1. The van der Waals surface area contributed by atoms with E-state index in [1.54, 1.807) is 20.5 Å². The van der Waals surface area contributed by atoms with Crippen LogP contribution in [-0.4, -0.2) is 54.7 Å². The molecular formula is C21H26N5O2S+. The van der Waals surface area contributed by atoms with Crippen molar-refractivity contribution in [3.05, 3.63) is 59.6 Å². The Labute approximate surface area is 175 Å². The lowest BCUT2D eigenvalue weighted by molar-refractivity contribution is -0.924. The van der Waals surface area contributed by atoms with Crippen LogP contribution >= 0.6 is 12.2 Å². The van der Waals surface area contributed by atoms with Crippen LogP contribution in [0.1, 0.15) is 0 Å². The number of benzene rings is 2. The Morgan fingerprint density at radius 1 is 0.966 bits per heavy atom. The molecule has 0 unspecified atom stereocenters. The largest absolute Gasteiger partial charge is 0.497 e. The van der Waals surface area contributed by atoms with Gasteiger partial charge in [-0.1, -0.05) is 6.07 Å². The molecule has 0 spiro atoms. The molecule has 0 saturated carbocycles. The lowest BCUT2D eigenvalue weighted by Crippen LogP contribution is -3.14. The first-order valence-corrected chi connectivity index (χ1v) is 10.1. The van der Waals surface area contributed by atoms with Gasteiger partial charge in [0.1, 0.15) is 17.8 Å². The van der Waals surface area contributed by atoms with E-state index >= 15 is 0 Å². The van der Waals surface area contributed by atoms with Crippen LogP contribution < -0.4 is 19.3 Å². The molecule has 1 aliphatic heterocycles. The highest BCUT2D eigenvalue weighted by Crippen LogP contribution is 2.19. The quantitative estimate of drug-likeness (QED) is 0.626. The van der Waals surface area contributed by atoms with Crippen molar-refractivity contribution >= 4 is 17.9 Å². The maximum atomic E-state index is 5.67. The van der Waals surface area contributed by atoms with E-state index in [9.17, 15) is 0 Å². The van der Waals surface area contributed by atoms with Crippen LogP contribution in [0, 0.1) is 4.77 Å². The maximum absolute atomic E-state index is 5.67. The third-order valence-electron chi connectivity index (χ3n) is 5.35. The van der Waals surface area contributed by atoms with Crippen molar-refractivity contribution in [2.45, 2.75) is 6.67 Å². The Morgan fingerprint density at radius 2 is 1.69 bits per heavy atom. The highest BCUT2D eigenvalue weighted by Gasteiger charge is 2.21. The summed E-state index contributed by atoms with van der Waals surface area (Å²) < 4.78 is 15.1. The maximum Gasteiger partial charge on any atom is 0.207 e. The molecular weight excluding hydrogens is 386 g/mol. The highest BCUT2D eigenvalue weighted by molar-refractivity contribution is 7.71. The van der Waals surface area contributed by atoms with Crippen molar-refractivity contribution in [1.29, 1.82) is 0 Å². The first-order chi connectivity index (χ1) is 14.2. The second kappa shape index (κ2) is 8.67. The number of quaternary nitrogens is 1. The van der Waals surface area contributed by atoms with E-state index in [0.717, 1.165) is 50.0 Å². The normalized spacial score (nSPS) is 14.8. The Bertz CT molecular complexity index is 1010. The molecule has 0 amide bonds. The van der Waals surface area contributed by atoms with Crippen LogP contribution in [0.5, 0.6) is 11.5 Å². The third kappa shape index (κ3) is 4.28. The summed E-state index contributed by atoms with van der Waals surface area (Å²) in [6.07, 6.45) is 1.78. The van der Waals surface area contributed by atoms with Gasteiger partial charge in [-0.2, -0.15) is 9.78 Å². The smallest absolute Gasteiger partial charge is 0.207 e. The fraction of sp³-hybridized carbons (Fsp3) is 0.333. The monoisotopic (exact) mass is 412 g/mol. The average Bonchev–Trinajstić information content (AvgIpc) is 3.14. The number of ether oxygens (including phenoxy) is 2. The van der Waals surface area contributed by atoms with Gasteiger partial charge in [-0.3, -0.25) is 4.57 Å². The van der Waals surface area contributed by atoms with E-state index in [4.69, 9.17) is 21.7 Å². The van der Waals surface area contributed by atoms with Crippen LogP contribution in [0.3, 0.4) is 0 Å². The fourth-order valence-corrected chi connectivity index (χ4v) is 3.89. The van der Waals surface area contributed by atoms with E-state index in [1.807, 2.05) is 45.6 Å². The van der Waals surface area contributed by atoms with Gasteiger partial charge in [-0.25, -0.2) is 0 Å². The van der Waals surface area contributed by atoms with Gasteiger partial charge in [0.25, 0.3) is 0 Å². The van der Waals surface area contributed by atoms with Crippen molar-refractivity contribution < 1.29 is 14.4 Å². The third-order valence-corrected chi connectivity index (χ3v) is 5.75. The van der Waals surface area contributed by atoms with Crippen molar-refractivity contribution in [1.82, 2.24) is 14.3 Å². The minimum Gasteiger partial charge on any atom is -0.497 e. The standard InChI is InChI=1S/C21H25N5O2S/c1-27-19-8-6-17(7-9-19)24-12-10-23(11-13-24)16-26-21(29)25(15-22-26)18-4-3-5-20(14-18)28-2/h3-9,14-15H,10-13,16H2,1-2H3/p+1. The lowest BCUT2D eigenvalue weighted by Gasteiger charge is -2.33. The van der Waals surface area contributed by atoms with Crippen molar-refractivity contribution in [3.8, 4) is 17.2 Å². The Kier molecular flexibility index (Phi) is 5.82. The topological polar surface area (TPSA) is 48.9 Å². The van der Waals surface area contributed by atoms with Crippen molar-refractivity contribution in [2.24, 2.45) is 0 Å². The van der Waals surface area contributed by atoms with Crippen LogP contribution in [-0.2, 0) is 6.67 Å². The summed E-state index contributed by atoms with van der Waals surface area (Å²) in [6, 6.07) is 16.1. The lowest BCUT2D eigenvalue weighted by atomic mass is 10.2. The molecule has 1 aliphatic rings. The number of methoxy groups -OCH3 is 2. The molecule has 1 N–H and O–H groups in total. The molecule has 8 heteroatoms. The molecule has 4 rings (SSSR count). The van der Waals surface area contributed by atoms with Gasteiger partial charge in [0, 0.05) is 11.8 Å². The van der Waals surface area contributed by atoms with Gasteiger partial charge in [0.05, 0.1) is 46.1 Å². The first kappa shape index (κ1) is 19.5. The zero-order valence-corrected chi connectivity index (χ0v) is 17.6. The highest BCUT2D eigenvalue weighted by atomic mass is 32.1. The molecule has 1 aromatic heterocycles. The molecule has 0 radical (unpaired) electrons. The van der Waals surface area contributed by atoms with Crippen molar-refractivity contribution in [2.75, 3.05) is 45.3 Å². The van der Waals surface area contributed by atoms with Crippen LogP contribution in [0.25, 0.3) is 5.69 Å². The van der Waals surface area contributed by atoms with Crippen molar-refractivity contribution in [3.63, 3.8) is 0 Å². The van der Waals surface area contributed by atoms with Gasteiger partial charge < -0.3 is 19.3 Å². The molecule has 2 heterocycles. The Morgan fingerprint density at radius 3 is 2.38 bits per heavy atom. The summed E-state index contributed by atoms with van der Waals surface area (Å²) in [5.74, 6) is 1.69.